The first-order valence-corrected chi connectivity index (χ1v) is 5.23. The van der Waals surface area contributed by atoms with Crippen LogP contribution < -0.4 is 5.73 Å². The van der Waals surface area contributed by atoms with Crippen molar-refractivity contribution in [1.82, 2.24) is 4.90 Å². The van der Waals surface area contributed by atoms with E-state index in [1.807, 2.05) is 0 Å². The van der Waals surface area contributed by atoms with Crippen LogP contribution >= 0.6 is 24.8 Å². The Morgan fingerprint density at radius 1 is 1.47 bits per heavy atom. The minimum atomic E-state index is 0. The monoisotopic (exact) mass is 255 g/mol. The Labute approximate surface area is 105 Å². The molecule has 5 heteroatoms. The molecule has 0 aromatic rings. The number of rotatable bonds is 4. The molecule has 0 spiro atoms. The fourth-order valence-corrected chi connectivity index (χ4v) is 1.98. The third-order valence-corrected chi connectivity index (χ3v) is 2.66. The first kappa shape index (κ1) is 17.4. The summed E-state index contributed by atoms with van der Waals surface area (Å²) in [7, 11) is 0. The lowest BCUT2D eigenvalue weighted by Gasteiger charge is -2.30. The lowest BCUT2D eigenvalue weighted by molar-refractivity contribution is 0.183. The van der Waals surface area contributed by atoms with Gasteiger partial charge in [0, 0.05) is 13.0 Å². The molecule has 0 aromatic heterocycles. The minimum Gasteiger partial charge on any atom is -0.388 e. The van der Waals surface area contributed by atoms with Crippen molar-refractivity contribution in [2.75, 3.05) is 19.6 Å². The molecule has 3 N–H and O–H groups in total. The summed E-state index contributed by atoms with van der Waals surface area (Å²) in [6, 6.07) is 0. The molecule has 1 unspecified atom stereocenters. The lowest BCUT2D eigenvalue weighted by Crippen LogP contribution is -2.35. The number of halogens is 2. The second-order valence-corrected chi connectivity index (χ2v) is 4.18. The molecular weight excluding hydrogens is 233 g/mol. The van der Waals surface area contributed by atoms with E-state index in [-0.39, 0.29) is 24.8 Å². The second-order valence-electron chi connectivity index (χ2n) is 4.18. The quantitative estimate of drug-likeness (QED) is 0.599. The van der Waals surface area contributed by atoms with Crippen LogP contribution in [-0.2, 0) is 0 Å². The van der Waals surface area contributed by atoms with E-state index in [0.29, 0.717) is 5.84 Å². The van der Waals surface area contributed by atoms with Gasteiger partial charge < -0.3 is 10.6 Å². The highest BCUT2D eigenvalue weighted by Crippen LogP contribution is 2.15. The molecule has 0 saturated carbocycles. The molecule has 1 fully saturated rings. The maximum atomic E-state index is 7.11. The van der Waals surface area contributed by atoms with E-state index >= 15 is 0 Å². The van der Waals surface area contributed by atoms with Crippen LogP contribution in [-0.4, -0.2) is 30.4 Å². The van der Waals surface area contributed by atoms with Gasteiger partial charge in [-0.1, -0.05) is 6.92 Å². The Hall–Kier alpha value is 0.01000. The topological polar surface area (TPSA) is 53.1 Å². The van der Waals surface area contributed by atoms with Crippen molar-refractivity contribution in [2.24, 2.45) is 11.7 Å². The molecule has 0 amide bonds. The van der Waals surface area contributed by atoms with Crippen LogP contribution in [0.2, 0.25) is 0 Å². The van der Waals surface area contributed by atoms with Gasteiger partial charge in [0.25, 0.3) is 0 Å². The fourth-order valence-electron chi connectivity index (χ4n) is 1.98. The highest BCUT2D eigenvalue weighted by Gasteiger charge is 2.15. The summed E-state index contributed by atoms with van der Waals surface area (Å²) >= 11 is 0. The fraction of sp³-hybridized carbons (Fsp3) is 0.900. The van der Waals surface area contributed by atoms with Crippen molar-refractivity contribution in [2.45, 2.75) is 32.6 Å². The van der Waals surface area contributed by atoms with E-state index in [2.05, 4.69) is 11.8 Å². The predicted octanol–water partition coefficient (Wildman–Crippen LogP) is 2.28. The number of nitrogens with zero attached hydrogens (tertiary/aromatic N) is 1. The smallest absolute Gasteiger partial charge is 0.0905 e. The van der Waals surface area contributed by atoms with Gasteiger partial charge in [-0.2, -0.15) is 0 Å². The summed E-state index contributed by atoms with van der Waals surface area (Å²) in [5.41, 5.74) is 5.30. The van der Waals surface area contributed by atoms with Gasteiger partial charge in [-0.15, -0.1) is 24.8 Å². The molecule has 1 heterocycles. The third kappa shape index (κ3) is 7.88. The van der Waals surface area contributed by atoms with E-state index in [1.165, 1.54) is 25.9 Å². The average molecular weight is 256 g/mol. The SMILES string of the molecule is CC1CCCN(CCCC(=N)N)C1.Cl.Cl. The lowest BCUT2D eigenvalue weighted by atomic mass is 10.0. The molecule has 0 bridgehead atoms. The number of nitrogens with one attached hydrogen (secondary N) is 1. The van der Waals surface area contributed by atoms with Crippen LogP contribution in [0, 0.1) is 11.3 Å². The molecule has 15 heavy (non-hydrogen) atoms. The maximum absolute atomic E-state index is 7.11. The van der Waals surface area contributed by atoms with Gasteiger partial charge >= 0.3 is 0 Å². The van der Waals surface area contributed by atoms with Crippen LogP contribution in [0.3, 0.4) is 0 Å². The summed E-state index contributed by atoms with van der Waals surface area (Å²) in [5.74, 6) is 1.18. The molecule has 1 aliphatic rings. The van der Waals surface area contributed by atoms with Gasteiger partial charge in [0.2, 0.25) is 0 Å². The van der Waals surface area contributed by atoms with Crippen LogP contribution in [0.4, 0.5) is 0 Å². The molecule has 0 radical (unpaired) electrons. The van der Waals surface area contributed by atoms with Crippen molar-refractivity contribution in [3.05, 3.63) is 0 Å². The van der Waals surface area contributed by atoms with E-state index < -0.39 is 0 Å². The van der Waals surface area contributed by atoms with E-state index in [9.17, 15) is 0 Å². The number of likely N-dealkylation sites (tertiary alicyclic amines) is 1. The van der Waals surface area contributed by atoms with E-state index in [4.69, 9.17) is 11.1 Å². The molecule has 0 aromatic carbocycles. The van der Waals surface area contributed by atoms with Crippen LogP contribution in [0.25, 0.3) is 0 Å². The van der Waals surface area contributed by atoms with Crippen LogP contribution in [0.1, 0.15) is 32.6 Å². The standard InChI is InChI=1S/C10H21N3.2ClH/c1-9-4-2-6-13(8-9)7-3-5-10(11)12;;/h9H,2-8H2,1H3,(H3,11,12);2*1H. The van der Waals surface area contributed by atoms with E-state index in [0.717, 1.165) is 25.3 Å². The van der Waals surface area contributed by atoms with Gasteiger partial charge in [-0.25, -0.2) is 0 Å². The molecule has 1 atom stereocenters. The Balaban J connectivity index is 0. The maximum Gasteiger partial charge on any atom is 0.0905 e. The zero-order chi connectivity index (χ0) is 9.68. The summed E-state index contributed by atoms with van der Waals surface area (Å²) in [6.45, 7) is 5.90. The molecule has 1 aliphatic heterocycles. The van der Waals surface area contributed by atoms with Gasteiger partial charge in [0.15, 0.2) is 0 Å². The Kier molecular flexibility index (Phi) is 10.7. The minimum absolute atomic E-state index is 0. The average Bonchev–Trinajstić information content (AvgIpc) is 2.03. The highest BCUT2D eigenvalue weighted by molar-refractivity contribution is 5.85. The van der Waals surface area contributed by atoms with Gasteiger partial charge in [-0.05, 0) is 38.3 Å². The number of amidine groups is 1. The Morgan fingerprint density at radius 2 is 2.13 bits per heavy atom. The molecule has 1 saturated heterocycles. The molecule has 0 aliphatic carbocycles. The first-order valence-electron chi connectivity index (χ1n) is 5.23. The van der Waals surface area contributed by atoms with Crippen molar-refractivity contribution in [1.29, 1.82) is 5.41 Å². The largest absolute Gasteiger partial charge is 0.388 e. The van der Waals surface area contributed by atoms with E-state index in [1.54, 1.807) is 0 Å². The second kappa shape index (κ2) is 9.25. The van der Waals surface area contributed by atoms with Crippen LogP contribution in [0.15, 0.2) is 0 Å². The van der Waals surface area contributed by atoms with Crippen molar-refractivity contribution >= 4 is 30.6 Å². The number of nitrogens with two attached hydrogens (primary N) is 1. The summed E-state index contributed by atoms with van der Waals surface area (Å²) in [5, 5.41) is 7.11. The van der Waals surface area contributed by atoms with Crippen molar-refractivity contribution in [3.8, 4) is 0 Å². The van der Waals surface area contributed by atoms with Crippen molar-refractivity contribution in [3.63, 3.8) is 0 Å². The summed E-state index contributed by atoms with van der Waals surface area (Å²) in [6.07, 6.45) is 4.51. The van der Waals surface area contributed by atoms with Gasteiger partial charge in [0.05, 0.1) is 5.84 Å². The Bertz CT molecular complexity index is 176. The number of piperidine rings is 1. The zero-order valence-electron chi connectivity index (χ0n) is 9.37. The number of hydrogen-bond acceptors (Lipinski definition) is 2. The normalized spacial score (nSPS) is 21.3. The molecule has 1 rings (SSSR count). The molecule has 3 nitrogen and oxygen atoms in total. The highest BCUT2D eigenvalue weighted by atomic mass is 35.5. The Morgan fingerprint density at radius 3 is 2.67 bits per heavy atom. The zero-order valence-corrected chi connectivity index (χ0v) is 11.0. The first-order chi connectivity index (χ1) is 6.18. The van der Waals surface area contributed by atoms with Crippen molar-refractivity contribution < 1.29 is 0 Å². The summed E-state index contributed by atoms with van der Waals surface area (Å²) in [4.78, 5) is 2.50. The summed E-state index contributed by atoms with van der Waals surface area (Å²) < 4.78 is 0. The van der Waals surface area contributed by atoms with Crippen LogP contribution in [0.5, 0.6) is 0 Å². The molecular formula is C10H23Cl2N3. The predicted molar refractivity (Wildman–Crippen MR) is 70.5 cm³/mol. The third-order valence-electron chi connectivity index (χ3n) is 2.66. The van der Waals surface area contributed by atoms with Gasteiger partial charge in [0.1, 0.15) is 0 Å². The molecule has 92 valence electrons. The number of hydrogen-bond donors (Lipinski definition) is 2. The van der Waals surface area contributed by atoms with Gasteiger partial charge in [-0.3, -0.25) is 5.41 Å².